The highest BCUT2D eigenvalue weighted by atomic mass is 32.1. The Hall–Kier alpha value is -1.89. The molecule has 1 fully saturated rings. The zero-order valence-electron chi connectivity index (χ0n) is 11.5. The van der Waals surface area contributed by atoms with Crippen molar-refractivity contribution < 1.29 is 14.4 Å². The highest BCUT2D eigenvalue weighted by Gasteiger charge is 2.29. The van der Waals surface area contributed by atoms with E-state index in [4.69, 9.17) is 0 Å². The summed E-state index contributed by atoms with van der Waals surface area (Å²) in [6.07, 6.45) is 4.09. The molecule has 1 atom stereocenters. The first-order valence-corrected chi connectivity index (χ1v) is 7.92. The quantitative estimate of drug-likeness (QED) is 0.705. The van der Waals surface area contributed by atoms with Gasteiger partial charge < -0.3 is 10.6 Å². The first-order chi connectivity index (χ1) is 10.1. The summed E-state index contributed by atoms with van der Waals surface area (Å²) in [5.74, 6) is -0.458. The number of imide groups is 1. The van der Waals surface area contributed by atoms with Crippen LogP contribution in [0.15, 0.2) is 6.07 Å². The second-order valence-corrected chi connectivity index (χ2v) is 6.57. The van der Waals surface area contributed by atoms with Crippen molar-refractivity contribution in [3.05, 3.63) is 21.4 Å². The number of aryl methyl sites for hydroxylation is 2. The summed E-state index contributed by atoms with van der Waals surface area (Å²) in [6.45, 7) is 0.541. The fourth-order valence-corrected chi connectivity index (χ4v) is 3.89. The molecule has 4 amide bonds. The molecular formula is C14H17N3O3S. The van der Waals surface area contributed by atoms with Crippen molar-refractivity contribution in [2.45, 2.75) is 44.7 Å². The van der Waals surface area contributed by atoms with Crippen molar-refractivity contribution >= 4 is 29.2 Å². The van der Waals surface area contributed by atoms with Crippen LogP contribution in [0.4, 0.5) is 4.79 Å². The summed E-state index contributed by atoms with van der Waals surface area (Å²) in [5.41, 5.74) is 1.43. The second-order valence-electron chi connectivity index (χ2n) is 5.35. The highest BCUT2D eigenvalue weighted by Crippen LogP contribution is 2.30. The first kappa shape index (κ1) is 14.1. The van der Waals surface area contributed by atoms with E-state index in [2.05, 4.69) is 22.0 Å². The summed E-state index contributed by atoms with van der Waals surface area (Å²) >= 11 is 1.77. The van der Waals surface area contributed by atoms with Gasteiger partial charge in [-0.2, -0.15) is 0 Å². The maximum absolute atomic E-state index is 11.8. The van der Waals surface area contributed by atoms with E-state index >= 15 is 0 Å². The maximum atomic E-state index is 11.8. The molecule has 0 spiro atoms. The summed E-state index contributed by atoms with van der Waals surface area (Å²) in [4.78, 5) is 36.7. The van der Waals surface area contributed by atoms with Gasteiger partial charge in [0.05, 0.1) is 6.54 Å². The molecule has 1 aromatic rings. The predicted molar refractivity (Wildman–Crippen MR) is 77.9 cm³/mol. The molecule has 1 aromatic heterocycles. The molecular weight excluding hydrogens is 290 g/mol. The largest absolute Gasteiger partial charge is 0.351 e. The van der Waals surface area contributed by atoms with Crippen molar-refractivity contribution in [2.75, 3.05) is 0 Å². The van der Waals surface area contributed by atoms with E-state index < -0.39 is 12.1 Å². The Balaban J connectivity index is 1.42. The van der Waals surface area contributed by atoms with Crippen LogP contribution in [0.3, 0.4) is 0 Å². The molecule has 0 radical (unpaired) electrons. The molecule has 0 aromatic carbocycles. The minimum absolute atomic E-state index is 0.0995. The van der Waals surface area contributed by atoms with E-state index in [-0.39, 0.29) is 18.2 Å². The number of carbonyl (C=O) groups excluding carboxylic acids is 3. The Kier molecular flexibility index (Phi) is 3.92. The van der Waals surface area contributed by atoms with Crippen LogP contribution < -0.4 is 16.0 Å². The maximum Gasteiger partial charge on any atom is 0.322 e. The monoisotopic (exact) mass is 307 g/mol. The summed E-state index contributed by atoms with van der Waals surface area (Å²) < 4.78 is 0. The van der Waals surface area contributed by atoms with Gasteiger partial charge in [-0.25, -0.2) is 4.79 Å². The van der Waals surface area contributed by atoms with Crippen LogP contribution in [0.25, 0.3) is 0 Å². The average Bonchev–Trinajstić information content (AvgIpc) is 3.08. The van der Waals surface area contributed by atoms with Gasteiger partial charge in [-0.1, -0.05) is 0 Å². The third kappa shape index (κ3) is 3.24. The van der Waals surface area contributed by atoms with E-state index in [1.807, 2.05) is 0 Å². The van der Waals surface area contributed by atoms with Crippen LogP contribution in [0, 0.1) is 0 Å². The molecule has 1 aliphatic heterocycles. The number of thiophene rings is 1. The Morgan fingerprint density at radius 1 is 1.38 bits per heavy atom. The lowest BCUT2D eigenvalue weighted by atomic mass is 10.1. The topological polar surface area (TPSA) is 87.3 Å². The molecule has 1 aliphatic carbocycles. The van der Waals surface area contributed by atoms with Crippen LogP contribution in [-0.2, 0) is 29.0 Å². The van der Waals surface area contributed by atoms with Crippen molar-refractivity contribution in [1.29, 1.82) is 0 Å². The molecule has 3 rings (SSSR count). The number of hydrogen-bond donors (Lipinski definition) is 3. The number of nitrogens with one attached hydrogen (secondary N) is 3. The molecule has 7 heteroatoms. The van der Waals surface area contributed by atoms with Gasteiger partial charge in [0, 0.05) is 16.2 Å². The van der Waals surface area contributed by atoms with E-state index in [9.17, 15) is 14.4 Å². The summed E-state index contributed by atoms with van der Waals surface area (Å²) in [6, 6.07) is 1.10. The summed E-state index contributed by atoms with van der Waals surface area (Å²) in [5, 5.41) is 7.50. The lowest BCUT2D eigenvalue weighted by Gasteiger charge is -2.07. The van der Waals surface area contributed by atoms with E-state index in [0.717, 1.165) is 12.8 Å². The molecule has 6 nitrogen and oxygen atoms in total. The molecule has 0 saturated carbocycles. The number of urea groups is 1. The first-order valence-electron chi connectivity index (χ1n) is 7.10. The number of hydrogen-bond acceptors (Lipinski definition) is 4. The van der Waals surface area contributed by atoms with Crippen molar-refractivity contribution in [3.8, 4) is 0 Å². The van der Waals surface area contributed by atoms with Crippen LogP contribution in [0.2, 0.25) is 0 Å². The molecule has 0 unspecified atom stereocenters. The highest BCUT2D eigenvalue weighted by molar-refractivity contribution is 7.12. The van der Waals surface area contributed by atoms with Gasteiger partial charge in [0.25, 0.3) is 5.91 Å². The van der Waals surface area contributed by atoms with Gasteiger partial charge in [-0.05, 0) is 37.3 Å². The van der Waals surface area contributed by atoms with Crippen molar-refractivity contribution in [3.63, 3.8) is 0 Å². The molecule has 3 N–H and O–H groups in total. The Bertz CT molecular complexity index is 575. The van der Waals surface area contributed by atoms with Gasteiger partial charge in [0.15, 0.2) is 0 Å². The lowest BCUT2D eigenvalue weighted by molar-refractivity contribution is -0.122. The fraction of sp³-hybridized carbons (Fsp3) is 0.500. The Morgan fingerprint density at radius 3 is 2.95 bits per heavy atom. The van der Waals surface area contributed by atoms with E-state index in [0.29, 0.717) is 13.0 Å². The van der Waals surface area contributed by atoms with Gasteiger partial charge >= 0.3 is 6.03 Å². The van der Waals surface area contributed by atoms with Gasteiger partial charge in [-0.3, -0.25) is 14.9 Å². The van der Waals surface area contributed by atoms with Crippen molar-refractivity contribution in [1.82, 2.24) is 16.0 Å². The number of rotatable bonds is 5. The standard InChI is InChI=1S/C14H17N3O3S/c18-12(5-4-10-13(19)17-14(20)16-10)15-7-9-6-8-2-1-3-11(8)21-9/h6,10H,1-5,7H2,(H,15,18)(H2,16,17,19,20)/t10-/m0/s1. The van der Waals surface area contributed by atoms with Crippen molar-refractivity contribution in [2.24, 2.45) is 0 Å². The normalized spacial score (nSPS) is 20.1. The van der Waals surface area contributed by atoms with Gasteiger partial charge in [-0.15, -0.1) is 11.3 Å². The molecule has 2 heterocycles. The second kappa shape index (κ2) is 5.85. The minimum atomic E-state index is -0.589. The lowest BCUT2D eigenvalue weighted by Crippen LogP contribution is -2.31. The number of amides is 4. The Morgan fingerprint density at radius 2 is 2.24 bits per heavy atom. The zero-order chi connectivity index (χ0) is 14.8. The Labute approximate surface area is 126 Å². The van der Waals surface area contributed by atoms with Crippen LogP contribution in [0.1, 0.15) is 34.6 Å². The van der Waals surface area contributed by atoms with E-state index in [1.54, 1.807) is 11.3 Å². The van der Waals surface area contributed by atoms with Crippen LogP contribution >= 0.6 is 11.3 Å². The number of fused-ring (bicyclic) bond motifs is 1. The van der Waals surface area contributed by atoms with Crippen LogP contribution in [-0.4, -0.2) is 23.9 Å². The molecule has 0 bridgehead atoms. The molecule has 21 heavy (non-hydrogen) atoms. The molecule has 112 valence electrons. The third-order valence-corrected chi connectivity index (χ3v) is 5.01. The van der Waals surface area contributed by atoms with Gasteiger partial charge in [0.2, 0.25) is 5.91 Å². The van der Waals surface area contributed by atoms with E-state index in [1.165, 1.54) is 21.7 Å². The average molecular weight is 307 g/mol. The fourth-order valence-electron chi connectivity index (χ4n) is 2.69. The SMILES string of the molecule is O=C(CC[C@@H]1NC(=O)NC1=O)NCc1cc2c(s1)CCC2. The number of carbonyl (C=O) groups is 3. The minimum Gasteiger partial charge on any atom is -0.351 e. The third-order valence-electron chi connectivity index (χ3n) is 3.78. The predicted octanol–water partition coefficient (Wildman–Crippen LogP) is 0.841. The molecule has 1 saturated heterocycles. The smallest absolute Gasteiger partial charge is 0.322 e. The summed E-state index contributed by atoms with van der Waals surface area (Å²) in [7, 11) is 0. The zero-order valence-corrected chi connectivity index (χ0v) is 12.3. The molecule has 2 aliphatic rings. The van der Waals surface area contributed by atoms with Gasteiger partial charge in [0.1, 0.15) is 6.04 Å². The van der Waals surface area contributed by atoms with Crippen LogP contribution in [0.5, 0.6) is 0 Å².